The van der Waals surface area contributed by atoms with E-state index in [1.54, 1.807) is 25.1 Å². The highest BCUT2D eigenvalue weighted by molar-refractivity contribution is 6.03. The van der Waals surface area contributed by atoms with E-state index < -0.39 is 5.97 Å². The number of aryl methyl sites for hydroxylation is 1. The molecule has 1 aromatic heterocycles. The topological polar surface area (TPSA) is 70.2 Å². The van der Waals surface area contributed by atoms with E-state index in [0.29, 0.717) is 5.39 Å². The minimum absolute atomic E-state index is 0.0359. The molecular formula is C11H9NO3. The molecule has 76 valence electrons. The Morgan fingerprint density at radius 3 is 2.80 bits per heavy atom. The number of aromatic carboxylic acids is 1. The quantitative estimate of drug-likeness (QED) is 0.738. The molecule has 4 nitrogen and oxygen atoms in total. The fourth-order valence-corrected chi connectivity index (χ4v) is 1.63. The van der Waals surface area contributed by atoms with E-state index >= 15 is 0 Å². The van der Waals surface area contributed by atoms with Gasteiger partial charge in [-0.2, -0.15) is 0 Å². The van der Waals surface area contributed by atoms with Crippen LogP contribution >= 0.6 is 0 Å². The molecule has 0 aliphatic rings. The number of rotatable bonds is 1. The van der Waals surface area contributed by atoms with Gasteiger partial charge in [-0.1, -0.05) is 12.1 Å². The third kappa shape index (κ3) is 1.50. The number of H-pyrrole nitrogens is 1. The van der Waals surface area contributed by atoms with Gasteiger partial charge in [0, 0.05) is 5.69 Å². The van der Waals surface area contributed by atoms with E-state index in [9.17, 15) is 9.59 Å². The number of carbonyl (C=O) groups is 1. The van der Waals surface area contributed by atoms with Crippen molar-refractivity contribution in [2.75, 3.05) is 0 Å². The zero-order valence-electron chi connectivity index (χ0n) is 8.07. The second-order valence-electron chi connectivity index (χ2n) is 3.36. The Labute approximate surface area is 85.2 Å². The monoisotopic (exact) mass is 203 g/mol. The molecular weight excluding hydrogens is 194 g/mol. The Balaban J connectivity index is 2.98. The third-order valence-corrected chi connectivity index (χ3v) is 2.24. The van der Waals surface area contributed by atoms with E-state index in [-0.39, 0.29) is 16.5 Å². The number of nitrogens with one attached hydrogen (secondary N) is 1. The first-order chi connectivity index (χ1) is 7.09. The molecule has 0 bridgehead atoms. The van der Waals surface area contributed by atoms with Crippen LogP contribution in [0.25, 0.3) is 10.8 Å². The summed E-state index contributed by atoms with van der Waals surface area (Å²) in [5, 5.41) is 9.81. The molecule has 0 fully saturated rings. The minimum Gasteiger partial charge on any atom is -0.478 e. The molecule has 1 heterocycles. The standard InChI is InChI=1S/C11H9NO3/c1-6-5-7-3-2-4-8(11(14)15)9(7)10(13)12-6/h2-5H,1H3,(H,12,13)(H,14,15). The second kappa shape index (κ2) is 3.24. The number of hydrogen-bond acceptors (Lipinski definition) is 2. The van der Waals surface area contributed by atoms with Crippen LogP contribution in [-0.2, 0) is 0 Å². The lowest BCUT2D eigenvalue weighted by Crippen LogP contribution is -2.12. The minimum atomic E-state index is -1.09. The van der Waals surface area contributed by atoms with Gasteiger partial charge in [0.2, 0.25) is 0 Å². The summed E-state index contributed by atoms with van der Waals surface area (Å²) in [4.78, 5) is 25.1. The Morgan fingerprint density at radius 1 is 1.40 bits per heavy atom. The lowest BCUT2D eigenvalue weighted by Gasteiger charge is -2.02. The summed E-state index contributed by atoms with van der Waals surface area (Å²) >= 11 is 0. The van der Waals surface area contributed by atoms with Gasteiger partial charge in [0.1, 0.15) is 0 Å². The van der Waals surface area contributed by atoms with E-state index in [2.05, 4.69) is 4.98 Å². The molecule has 15 heavy (non-hydrogen) atoms. The lowest BCUT2D eigenvalue weighted by molar-refractivity contribution is 0.0699. The summed E-state index contributed by atoms with van der Waals surface area (Å²) in [5.41, 5.74) is 0.395. The Bertz CT molecular complexity index is 598. The molecule has 0 amide bonds. The molecule has 2 aromatic rings. The van der Waals surface area contributed by atoms with E-state index in [1.807, 2.05) is 0 Å². The van der Waals surface area contributed by atoms with Gasteiger partial charge >= 0.3 is 5.97 Å². The average Bonchev–Trinajstić information content (AvgIpc) is 2.16. The first kappa shape index (κ1) is 9.45. The van der Waals surface area contributed by atoms with Crippen LogP contribution in [0.5, 0.6) is 0 Å². The Hall–Kier alpha value is -2.10. The smallest absolute Gasteiger partial charge is 0.336 e. The number of carboxylic acids is 1. The number of aromatic nitrogens is 1. The molecule has 2 rings (SSSR count). The van der Waals surface area contributed by atoms with Gasteiger partial charge in [-0.15, -0.1) is 0 Å². The van der Waals surface area contributed by atoms with E-state index in [0.717, 1.165) is 5.69 Å². The number of fused-ring (bicyclic) bond motifs is 1. The fraction of sp³-hybridized carbons (Fsp3) is 0.0909. The van der Waals surface area contributed by atoms with Gasteiger partial charge in [0.05, 0.1) is 10.9 Å². The lowest BCUT2D eigenvalue weighted by atomic mass is 10.1. The second-order valence-corrected chi connectivity index (χ2v) is 3.36. The van der Waals surface area contributed by atoms with Crippen molar-refractivity contribution >= 4 is 16.7 Å². The highest BCUT2D eigenvalue weighted by Crippen LogP contribution is 2.15. The van der Waals surface area contributed by atoms with Gasteiger partial charge in [-0.05, 0) is 24.4 Å². The van der Waals surface area contributed by atoms with Crippen molar-refractivity contribution in [1.82, 2.24) is 4.98 Å². The maximum Gasteiger partial charge on any atom is 0.336 e. The summed E-state index contributed by atoms with van der Waals surface area (Å²) in [6.45, 7) is 1.76. The normalized spacial score (nSPS) is 10.5. The average molecular weight is 203 g/mol. The summed E-state index contributed by atoms with van der Waals surface area (Å²) in [5.74, 6) is -1.09. The molecule has 4 heteroatoms. The van der Waals surface area contributed by atoms with Crippen molar-refractivity contribution in [2.24, 2.45) is 0 Å². The number of aromatic amines is 1. The third-order valence-electron chi connectivity index (χ3n) is 2.24. The van der Waals surface area contributed by atoms with Gasteiger partial charge in [-0.25, -0.2) is 4.79 Å². The van der Waals surface area contributed by atoms with Crippen LogP contribution in [0.3, 0.4) is 0 Å². The first-order valence-electron chi connectivity index (χ1n) is 4.45. The van der Waals surface area contributed by atoms with Crippen molar-refractivity contribution in [3.05, 3.63) is 45.9 Å². The zero-order chi connectivity index (χ0) is 11.0. The van der Waals surface area contributed by atoms with Crippen LogP contribution in [0.1, 0.15) is 16.1 Å². The molecule has 1 aromatic carbocycles. The molecule has 0 atom stereocenters. The molecule has 0 aliphatic heterocycles. The van der Waals surface area contributed by atoms with E-state index in [4.69, 9.17) is 5.11 Å². The molecule has 2 N–H and O–H groups in total. The molecule has 0 radical (unpaired) electrons. The number of pyridine rings is 1. The summed E-state index contributed by atoms with van der Waals surface area (Å²) < 4.78 is 0. The number of carboxylic acid groups (broad SMARTS) is 1. The zero-order valence-corrected chi connectivity index (χ0v) is 8.07. The summed E-state index contributed by atoms with van der Waals surface area (Å²) in [6, 6.07) is 6.53. The van der Waals surface area contributed by atoms with Crippen LogP contribution in [0, 0.1) is 6.92 Å². The predicted octanol–water partition coefficient (Wildman–Crippen LogP) is 1.53. The Kier molecular flexibility index (Phi) is 2.04. The Morgan fingerprint density at radius 2 is 2.13 bits per heavy atom. The van der Waals surface area contributed by atoms with Crippen LogP contribution in [-0.4, -0.2) is 16.1 Å². The van der Waals surface area contributed by atoms with Crippen molar-refractivity contribution < 1.29 is 9.90 Å². The molecule has 0 unspecified atom stereocenters. The maximum atomic E-state index is 11.6. The molecule has 0 aliphatic carbocycles. The van der Waals surface area contributed by atoms with Crippen molar-refractivity contribution in [1.29, 1.82) is 0 Å². The number of hydrogen-bond donors (Lipinski definition) is 2. The van der Waals surface area contributed by atoms with Gasteiger partial charge in [0.25, 0.3) is 5.56 Å². The highest BCUT2D eigenvalue weighted by atomic mass is 16.4. The largest absolute Gasteiger partial charge is 0.478 e. The van der Waals surface area contributed by atoms with Crippen LogP contribution < -0.4 is 5.56 Å². The van der Waals surface area contributed by atoms with Crippen molar-refractivity contribution in [2.45, 2.75) is 6.92 Å². The van der Waals surface area contributed by atoms with Gasteiger partial charge in [-0.3, -0.25) is 4.79 Å². The van der Waals surface area contributed by atoms with Crippen LogP contribution in [0.15, 0.2) is 29.1 Å². The van der Waals surface area contributed by atoms with Gasteiger partial charge in [0.15, 0.2) is 0 Å². The first-order valence-corrected chi connectivity index (χ1v) is 4.45. The molecule has 0 saturated carbocycles. The van der Waals surface area contributed by atoms with Crippen LogP contribution in [0.4, 0.5) is 0 Å². The molecule has 0 spiro atoms. The highest BCUT2D eigenvalue weighted by Gasteiger charge is 2.10. The van der Waals surface area contributed by atoms with Crippen molar-refractivity contribution in [3.8, 4) is 0 Å². The van der Waals surface area contributed by atoms with Crippen molar-refractivity contribution in [3.63, 3.8) is 0 Å². The SMILES string of the molecule is Cc1cc2cccc(C(=O)O)c2c(=O)[nH]1. The van der Waals surface area contributed by atoms with E-state index in [1.165, 1.54) is 6.07 Å². The van der Waals surface area contributed by atoms with Crippen LogP contribution in [0.2, 0.25) is 0 Å². The molecule has 0 saturated heterocycles. The predicted molar refractivity (Wildman–Crippen MR) is 56.3 cm³/mol. The van der Waals surface area contributed by atoms with Gasteiger partial charge < -0.3 is 10.1 Å². The summed E-state index contributed by atoms with van der Waals surface area (Å²) in [7, 11) is 0. The fourth-order valence-electron chi connectivity index (χ4n) is 1.63. The number of benzene rings is 1. The summed E-state index contributed by atoms with van der Waals surface area (Å²) in [6.07, 6.45) is 0. The maximum absolute atomic E-state index is 11.6.